The third kappa shape index (κ3) is 5.83. The second-order valence-corrected chi connectivity index (χ2v) is 10.8. The predicted molar refractivity (Wildman–Crippen MR) is 137 cm³/mol. The SMILES string of the molecule is O=C(NC1CCC(CCN2CCc3sc(OC(CF)CF)nc3C2)CC1)c1cccc2ncccc12. The number of nitrogens with zero attached hydrogens (tertiary/aromatic N) is 3. The maximum absolute atomic E-state index is 12.9. The van der Waals surface area contributed by atoms with E-state index in [0.717, 1.165) is 79.6 Å². The summed E-state index contributed by atoms with van der Waals surface area (Å²) in [5.41, 5.74) is 2.50. The highest BCUT2D eigenvalue weighted by Gasteiger charge is 2.26. The van der Waals surface area contributed by atoms with E-state index in [2.05, 4.69) is 20.2 Å². The Morgan fingerprint density at radius 1 is 1.17 bits per heavy atom. The lowest BCUT2D eigenvalue weighted by Gasteiger charge is -2.32. The molecule has 6 nitrogen and oxygen atoms in total. The number of alkyl halides is 2. The van der Waals surface area contributed by atoms with E-state index < -0.39 is 19.5 Å². The summed E-state index contributed by atoms with van der Waals surface area (Å²) in [5, 5.41) is 4.51. The van der Waals surface area contributed by atoms with Gasteiger partial charge in [0.2, 0.25) is 0 Å². The normalized spacial score (nSPS) is 20.4. The van der Waals surface area contributed by atoms with E-state index in [0.29, 0.717) is 16.7 Å². The highest BCUT2D eigenvalue weighted by Crippen LogP contribution is 2.32. The van der Waals surface area contributed by atoms with Crippen molar-refractivity contribution in [2.75, 3.05) is 26.4 Å². The molecule has 3 heterocycles. The lowest BCUT2D eigenvalue weighted by molar-refractivity contribution is 0.0921. The number of benzene rings is 1. The fourth-order valence-electron chi connectivity index (χ4n) is 5.24. The monoisotopic (exact) mass is 514 g/mol. The zero-order valence-corrected chi connectivity index (χ0v) is 21.1. The first-order valence-electron chi connectivity index (χ1n) is 12.8. The standard InChI is InChI=1S/C27H32F2N4O2S/c28-15-20(16-29)35-27-32-24-17-33(14-11-25(24)36-27)13-10-18-6-8-19(9-7-18)31-26(34)22-3-1-5-23-21(22)4-2-12-30-23/h1-5,12,18-20H,6-11,13-17H2,(H,31,34). The number of rotatable bonds is 9. The molecule has 1 aliphatic carbocycles. The number of hydrogen-bond donors (Lipinski definition) is 1. The van der Waals surface area contributed by atoms with E-state index in [4.69, 9.17) is 4.74 Å². The Morgan fingerprint density at radius 2 is 2.00 bits per heavy atom. The molecule has 3 aromatic rings. The number of thiazole rings is 1. The number of ether oxygens (including phenoxy) is 1. The van der Waals surface area contributed by atoms with Gasteiger partial charge in [-0.05, 0) is 69.2 Å². The molecule has 9 heteroatoms. The van der Waals surface area contributed by atoms with Gasteiger partial charge >= 0.3 is 0 Å². The van der Waals surface area contributed by atoms with Gasteiger partial charge in [0.15, 0.2) is 6.10 Å². The predicted octanol–water partition coefficient (Wildman–Crippen LogP) is 5.11. The Balaban J connectivity index is 1.07. The second kappa shape index (κ2) is 11.6. The molecule has 1 N–H and O–H groups in total. The van der Waals surface area contributed by atoms with Crippen LogP contribution in [0, 0.1) is 5.92 Å². The van der Waals surface area contributed by atoms with E-state index in [-0.39, 0.29) is 11.9 Å². The molecule has 1 aromatic carbocycles. The fraction of sp³-hybridized carbons (Fsp3) is 0.519. The van der Waals surface area contributed by atoms with Crippen LogP contribution in [0.4, 0.5) is 8.78 Å². The average Bonchev–Trinajstić information content (AvgIpc) is 3.32. The summed E-state index contributed by atoms with van der Waals surface area (Å²) in [4.78, 5) is 25.4. The molecule has 1 amide bonds. The average molecular weight is 515 g/mol. The van der Waals surface area contributed by atoms with Gasteiger partial charge in [-0.1, -0.05) is 23.5 Å². The van der Waals surface area contributed by atoms with Gasteiger partial charge in [-0.15, -0.1) is 0 Å². The zero-order valence-electron chi connectivity index (χ0n) is 20.3. The number of amides is 1. The molecule has 0 saturated heterocycles. The van der Waals surface area contributed by atoms with Gasteiger partial charge in [0.05, 0.1) is 11.2 Å². The zero-order chi connectivity index (χ0) is 24.9. The largest absolute Gasteiger partial charge is 0.461 e. The maximum atomic E-state index is 12.9. The molecule has 36 heavy (non-hydrogen) atoms. The van der Waals surface area contributed by atoms with Gasteiger partial charge in [0.1, 0.15) is 13.3 Å². The van der Waals surface area contributed by atoms with Crippen LogP contribution in [0.1, 0.15) is 53.0 Å². The molecule has 1 aliphatic heterocycles. The first-order valence-corrected chi connectivity index (χ1v) is 13.6. The van der Waals surface area contributed by atoms with E-state index >= 15 is 0 Å². The fourth-order valence-corrected chi connectivity index (χ4v) is 6.21. The van der Waals surface area contributed by atoms with Crippen molar-refractivity contribution >= 4 is 28.1 Å². The van der Waals surface area contributed by atoms with E-state index in [1.807, 2.05) is 30.3 Å². The van der Waals surface area contributed by atoms with Crippen molar-refractivity contribution < 1.29 is 18.3 Å². The minimum Gasteiger partial charge on any atom is -0.461 e. The van der Waals surface area contributed by atoms with Gasteiger partial charge < -0.3 is 10.1 Å². The van der Waals surface area contributed by atoms with Crippen molar-refractivity contribution in [2.45, 2.75) is 57.2 Å². The Hall–Kier alpha value is -2.65. The van der Waals surface area contributed by atoms with Crippen molar-refractivity contribution in [3.05, 3.63) is 52.7 Å². The second-order valence-electron chi connectivity index (χ2n) is 9.78. The van der Waals surface area contributed by atoms with Crippen molar-refractivity contribution in [3.8, 4) is 5.19 Å². The summed E-state index contributed by atoms with van der Waals surface area (Å²) in [6.45, 7) is 1.04. The quantitative estimate of drug-likeness (QED) is 0.430. The van der Waals surface area contributed by atoms with E-state index in [9.17, 15) is 13.6 Å². The molecule has 192 valence electrons. The number of nitrogens with one attached hydrogen (secondary N) is 1. The van der Waals surface area contributed by atoms with E-state index in [1.165, 1.54) is 11.3 Å². The van der Waals surface area contributed by atoms with Crippen LogP contribution in [-0.2, 0) is 13.0 Å². The van der Waals surface area contributed by atoms with Crippen molar-refractivity contribution in [1.82, 2.24) is 20.2 Å². The molecule has 1 fully saturated rings. The summed E-state index contributed by atoms with van der Waals surface area (Å²) in [6, 6.07) is 9.70. The molecule has 0 radical (unpaired) electrons. The number of hydrogen-bond acceptors (Lipinski definition) is 6. The van der Waals surface area contributed by atoms with Crippen molar-refractivity contribution in [3.63, 3.8) is 0 Å². The number of halogens is 2. The molecular weight excluding hydrogens is 482 g/mol. The molecule has 0 unspecified atom stereocenters. The van der Waals surface area contributed by atoms with Crippen LogP contribution in [0.25, 0.3) is 10.9 Å². The number of aromatic nitrogens is 2. The van der Waals surface area contributed by atoms with E-state index in [1.54, 1.807) is 6.20 Å². The Labute approximate surface area is 214 Å². The van der Waals surface area contributed by atoms with Crippen LogP contribution in [0.2, 0.25) is 0 Å². The van der Waals surface area contributed by atoms with Gasteiger partial charge in [-0.2, -0.15) is 0 Å². The lowest BCUT2D eigenvalue weighted by atomic mass is 9.84. The molecular formula is C27H32F2N4O2S. The van der Waals surface area contributed by atoms with Gasteiger partial charge in [-0.25, -0.2) is 13.8 Å². The Morgan fingerprint density at radius 3 is 2.81 bits per heavy atom. The van der Waals surface area contributed by atoms with Gasteiger partial charge in [-0.3, -0.25) is 14.7 Å². The Bertz CT molecular complexity index is 1170. The number of carbonyl (C=O) groups excluding carboxylic acids is 1. The third-order valence-electron chi connectivity index (χ3n) is 7.32. The number of pyridine rings is 1. The van der Waals surface area contributed by atoms with Crippen LogP contribution in [0.3, 0.4) is 0 Å². The smallest absolute Gasteiger partial charge is 0.274 e. The lowest BCUT2D eigenvalue weighted by Crippen LogP contribution is -2.38. The van der Waals surface area contributed by atoms with Gasteiger partial charge in [0.25, 0.3) is 11.1 Å². The number of fused-ring (bicyclic) bond motifs is 2. The highest BCUT2D eigenvalue weighted by molar-refractivity contribution is 7.13. The summed E-state index contributed by atoms with van der Waals surface area (Å²) in [6.07, 6.45) is 6.94. The maximum Gasteiger partial charge on any atom is 0.274 e. The van der Waals surface area contributed by atoms with Gasteiger partial charge in [0, 0.05) is 41.2 Å². The molecule has 5 rings (SSSR count). The molecule has 0 spiro atoms. The summed E-state index contributed by atoms with van der Waals surface area (Å²) in [7, 11) is 0. The van der Waals surface area contributed by atoms with Crippen LogP contribution in [-0.4, -0.2) is 59.4 Å². The third-order valence-corrected chi connectivity index (χ3v) is 8.37. The van der Waals surface area contributed by atoms with Crippen LogP contribution >= 0.6 is 11.3 Å². The molecule has 2 aliphatic rings. The minimum absolute atomic E-state index is 0.0165. The molecule has 0 bridgehead atoms. The number of carbonyl (C=O) groups is 1. The van der Waals surface area contributed by atoms with Crippen LogP contribution in [0.5, 0.6) is 5.19 Å². The molecule has 1 saturated carbocycles. The van der Waals surface area contributed by atoms with Crippen molar-refractivity contribution in [2.24, 2.45) is 5.92 Å². The summed E-state index contributed by atoms with van der Waals surface area (Å²) in [5.74, 6) is 0.641. The molecule has 2 aromatic heterocycles. The summed E-state index contributed by atoms with van der Waals surface area (Å²) >= 11 is 1.42. The minimum atomic E-state index is -1.06. The first-order chi connectivity index (χ1) is 17.6. The topological polar surface area (TPSA) is 67.4 Å². The van der Waals surface area contributed by atoms with Crippen LogP contribution in [0.15, 0.2) is 36.5 Å². The first kappa shape index (κ1) is 25.0. The molecule has 0 atom stereocenters. The highest BCUT2D eigenvalue weighted by atomic mass is 32.1. The summed E-state index contributed by atoms with van der Waals surface area (Å²) < 4.78 is 30.9. The van der Waals surface area contributed by atoms with Crippen molar-refractivity contribution in [1.29, 1.82) is 0 Å². The van der Waals surface area contributed by atoms with Crippen LogP contribution < -0.4 is 10.1 Å². The Kier molecular flexibility index (Phi) is 8.06.